The van der Waals surface area contributed by atoms with Gasteiger partial charge in [0.05, 0.1) is 5.60 Å². The summed E-state index contributed by atoms with van der Waals surface area (Å²) < 4.78 is 0. The molecule has 10 heavy (non-hydrogen) atoms. The zero-order valence-corrected chi connectivity index (χ0v) is 7.65. The van der Waals surface area contributed by atoms with Crippen LogP contribution in [-0.4, -0.2) is 10.7 Å². The Balaban J connectivity index is 3.94. The summed E-state index contributed by atoms with van der Waals surface area (Å²) in [4.78, 5) is 0. The molecule has 1 atom stereocenters. The average molecular weight is 144 g/mol. The van der Waals surface area contributed by atoms with Crippen LogP contribution in [0.25, 0.3) is 0 Å². The largest absolute Gasteiger partial charge is 0.390 e. The maximum absolute atomic E-state index is 9.90. The van der Waals surface area contributed by atoms with Crippen LogP contribution < -0.4 is 0 Å². The molecule has 0 aliphatic carbocycles. The maximum Gasteiger partial charge on any atom is 0.0667 e. The van der Waals surface area contributed by atoms with Crippen LogP contribution in [0.1, 0.15) is 47.0 Å². The fraction of sp³-hybridized carbons (Fsp3) is 1.00. The number of aliphatic hydroxyl groups is 1. The smallest absolute Gasteiger partial charge is 0.0667 e. The normalized spacial score (nSPS) is 17.4. The molecule has 0 radical (unpaired) electrons. The van der Waals surface area contributed by atoms with Gasteiger partial charge in [0.25, 0.3) is 0 Å². The topological polar surface area (TPSA) is 20.2 Å². The van der Waals surface area contributed by atoms with Crippen molar-refractivity contribution in [2.75, 3.05) is 0 Å². The second kappa shape index (κ2) is 3.97. The monoisotopic (exact) mass is 144 g/mol. The minimum atomic E-state index is -0.408. The van der Waals surface area contributed by atoms with Crippen molar-refractivity contribution in [2.24, 2.45) is 5.92 Å². The van der Waals surface area contributed by atoms with Crippen molar-refractivity contribution in [3.63, 3.8) is 0 Å². The van der Waals surface area contributed by atoms with Crippen molar-refractivity contribution in [1.82, 2.24) is 0 Å². The first-order chi connectivity index (χ1) is 4.56. The van der Waals surface area contributed by atoms with E-state index in [-0.39, 0.29) is 0 Å². The van der Waals surface area contributed by atoms with Gasteiger partial charge in [0, 0.05) is 0 Å². The molecule has 0 amide bonds. The van der Waals surface area contributed by atoms with Crippen LogP contribution in [0.3, 0.4) is 0 Å². The van der Waals surface area contributed by atoms with Crippen LogP contribution in [0.4, 0.5) is 0 Å². The predicted molar refractivity (Wildman–Crippen MR) is 45.0 cm³/mol. The number of hydrogen-bond donors (Lipinski definition) is 1. The lowest BCUT2D eigenvalue weighted by molar-refractivity contribution is -0.0170. The minimum absolute atomic E-state index is 0.387. The van der Waals surface area contributed by atoms with E-state index in [1.807, 2.05) is 0 Å². The van der Waals surface area contributed by atoms with Crippen molar-refractivity contribution >= 4 is 0 Å². The predicted octanol–water partition coefficient (Wildman–Crippen LogP) is 2.58. The summed E-state index contributed by atoms with van der Waals surface area (Å²) in [7, 11) is 0. The molecular weight excluding hydrogens is 124 g/mol. The van der Waals surface area contributed by atoms with E-state index >= 15 is 0 Å². The van der Waals surface area contributed by atoms with Crippen molar-refractivity contribution in [1.29, 1.82) is 0 Å². The van der Waals surface area contributed by atoms with Crippen LogP contribution in [0.15, 0.2) is 0 Å². The molecule has 1 nitrogen and oxygen atoms in total. The Morgan fingerprint density at radius 2 is 1.80 bits per heavy atom. The van der Waals surface area contributed by atoms with Gasteiger partial charge in [-0.25, -0.2) is 0 Å². The quantitative estimate of drug-likeness (QED) is 0.643. The Morgan fingerprint density at radius 3 is 1.90 bits per heavy atom. The second-order valence-electron chi connectivity index (χ2n) is 3.36. The van der Waals surface area contributed by atoms with Gasteiger partial charge in [0.2, 0.25) is 0 Å². The third kappa shape index (κ3) is 2.30. The Kier molecular flexibility index (Phi) is 3.95. The molecule has 0 fully saturated rings. The molecular formula is C9H20O. The molecule has 0 aromatic carbocycles. The van der Waals surface area contributed by atoms with E-state index in [2.05, 4.69) is 27.7 Å². The summed E-state index contributed by atoms with van der Waals surface area (Å²) in [6, 6.07) is 0. The van der Waals surface area contributed by atoms with Crippen LogP contribution in [-0.2, 0) is 0 Å². The van der Waals surface area contributed by atoms with Gasteiger partial charge in [0.1, 0.15) is 0 Å². The van der Waals surface area contributed by atoms with Gasteiger partial charge < -0.3 is 5.11 Å². The van der Waals surface area contributed by atoms with Gasteiger partial charge in [-0.3, -0.25) is 0 Å². The molecule has 0 unspecified atom stereocenters. The molecule has 0 saturated carbocycles. The first-order valence-corrected chi connectivity index (χ1v) is 4.29. The SMILES string of the molecule is CCC[C@@](O)(CC)C(C)C. The van der Waals surface area contributed by atoms with E-state index in [1.54, 1.807) is 0 Å². The summed E-state index contributed by atoms with van der Waals surface area (Å²) in [6.07, 6.45) is 2.88. The molecule has 0 bridgehead atoms. The van der Waals surface area contributed by atoms with Crippen molar-refractivity contribution in [2.45, 2.75) is 52.6 Å². The molecule has 1 N–H and O–H groups in total. The Morgan fingerprint density at radius 1 is 1.30 bits per heavy atom. The second-order valence-corrected chi connectivity index (χ2v) is 3.36. The summed E-state index contributed by atoms with van der Waals surface area (Å²) in [5.41, 5.74) is -0.408. The highest BCUT2D eigenvalue weighted by molar-refractivity contribution is 4.79. The highest BCUT2D eigenvalue weighted by Crippen LogP contribution is 2.25. The first-order valence-electron chi connectivity index (χ1n) is 4.29. The molecule has 0 saturated heterocycles. The van der Waals surface area contributed by atoms with Crippen LogP contribution >= 0.6 is 0 Å². The number of hydrogen-bond acceptors (Lipinski definition) is 1. The Bertz CT molecular complexity index is 88.7. The highest BCUT2D eigenvalue weighted by Gasteiger charge is 2.26. The molecule has 0 aromatic rings. The van der Waals surface area contributed by atoms with Gasteiger partial charge in [0.15, 0.2) is 0 Å². The molecule has 0 spiro atoms. The minimum Gasteiger partial charge on any atom is -0.390 e. The van der Waals surface area contributed by atoms with Gasteiger partial charge in [-0.05, 0) is 18.8 Å². The Hall–Kier alpha value is -0.0400. The first kappa shape index (κ1) is 9.96. The Labute approximate surface area is 64.5 Å². The third-order valence-electron chi connectivity index (χ3n) is 2.37. The summed E-state index contributed by atoms with van der Waals surface area (Å²) in [5, 5.41) is 9.90. The zero-order valence-electron chi connectivity index (χ0n) is 7.65. The summed E-state index contributed by atoms with van der Waals surface area (Å²) >= 11 is 0. The number of rotatable bonds is 4. The molecule has 0 aliphatic rings. The molecule has 0 aromatic heterocycles. The van der Waals surface area contributed by atoms with Crippen LogP contribution in [0.2, 0.25) is 0 Å². The summed E-state index contributed by atoms with van der Waals surface area (Å²) in [5.74, 6) is 0.387. The van der Waals surface area contributed by atoms with Crippen molar-refractivity contribution < 1.29 is 5.11 Å². The fourth-order valence-corrected chi connectivity index (χ4v) is 1.31. The van der Waals surface area contributed by atoms with E-state index in [9.17, 15) is 5.11 Å². The van der Waals surface area contributed by atoms with E-state index in [4.69, 9.17) is 0 Å². The van der Waals surface area contributed by atoms with Gasteiger partial charge in [-0.2, -0.15) is 0 Å². The third-order valence-corrected chi connectivity index (χ3v) is 2.37. The fourth-order valence-electron chi connectivity index (χ4n) is 1.31. The standard InChI is InChI=1S/C9H20O/c1-5-7-9(10,6-2)8(3)4/h8,10H,5-7H2,1-4H3/t9-/m0/s1. The van der Waals surface area contributed by atoms with Gasteiger partial charge in [-0.15, -0.1) is 0 Å². The highest BCUT2D eigenvalue weighted by atomic mass is 16.3. The lowest BCUT2D eigenvalue weighted by Gasteiger charge is -2.30. The maximum atomic E-state index is 9.90. The van der Waals surface area contributed by atoms with Gasteiger partial charge >= 0.3 is 0 Å². The molecule has 62 valence electrons. The van der Waals surface area contributed by atoms with E-state index < -0.39 is 5.60 Å². The van der Waals surface area contributed by atoms with Crippen LogP contribution in [0, 0.1) is 5.92 Å². The van der Waals surface area contributed by atoms with Crippen molar-refractivity contribution in [3.8, 4) is 0 Å². The molecule has 1 heteroatoms. The van der Waals surface area contributed by atoms with E-state index in [0.717, 1.165) is 19.3 Å². The van der Waals surface area contributed by atoms with Crippen LogP contribution in [0.5, 0.6) is 0 Å². The van der Waals surface area contributed by atoms with E-state index in [0.29, 0.717) is 5.92 Å². The molecule has 0 aliphatic heterocycles. The summed E-state index contributed by atoms with van der Waals surface area (Å²) in [6.45, 7) is 8.33. The molecule has 0 rings (SSSR count). The van der Waals surface area contributed by atoms with E-state index in [1.165, 1.54) is 0 Å². The van der Waals surface area contributed by atoms with Crippen molar-refractivity contribution in [3.05, 3.63) is 0 Å². The molecule has 0 heterocycles. The zero-order chi connectivity index (χ0) is 8.20. The van der Waals surface area contributed by atoms with Gasteiger partial charge in [-0.1, -0.05) is 34.1 Å². The lowest BCUT2D eigenvalue weighted by Crippen LogP contribution is -2.33. The lowest BCUT2D eigenvalue weighted by atomic mass is 9.84. The average Bonchev–Trinajstić information content (AvgIpc) is 1.88.